The molecule has 1 rings (SSSR count). The fourth-order valence-electron chi connectivity index (χ4n) is 1.13. The maximum Gasteiger partial charge on any atom is 0.305 e. The molecule has 0 aromatic rings. The summed E-state index contributed by atoms with van der Waals surface area (Å²) in [6, 6.07) is 0. The van der Waals surface area contributed by atoms with Gasteiger partial charge in [-0.2, -0.15) is 0 Å². The van der Waals surface area contributed by atoms with Crippen molar-refractivity contribution in [2.75, 3.05) is 13.6 Å². The summed E-state index contributed by atoms with van der Waals surface area (Å²) in [5.74, 6) is -0.256. The summed E-state index contributed by atoms with van der Waals surface area (Å²) in [4.78, 5) is 14.5. The van der Waals surface area contributed by atoms with Crippen LogP contribution in [0.4, 0.5) is 0 Å². The van der Waals surface area contributed by atoms with E-state index in [-0.39, 0.29) is 24.7 Å². The van der Waals surface area contributed by atoms with Gasteiger partial charge in [0.15, 0.2) is 0 Å². The molecule has 0 radical (unpaired) electrons. The fraction of sp³-hybridized carbons (Fsp3) is 0.625. The van der Waals surface area contributed by atoms with E-state index in [2.05, 4.69) is 0 Å². The van der Waals surface area contributed by atoms with Gasteiger partial charge in [0.2, 0.25) is 0 Å². The average molecular weight is 207 g/mol. The van der Waals surface area contributed by atoms with Gasteiger partial charge in [-0.05, 0) is 6.92 Å². The Kier molecular flexibility index (Phi) is 4.62. The van der Waals surface area contributed by atoms with Crippen LogP contribution in [-0.2, 0) is 9.53 Å². The Balaban J connectivity index is 0.00000144. The molecule has 0 bridgehead atoms. The van der Waals surface area contributed by atoms with E-state index >= 15 is 0 Å². The maximum absolute atomic E-state index is 10.7. The number of ether oxygens (including phenoxy) is 1. The minimum Gasteiger partial charge on any atom is -0.423 e. The zero-order valence-electron chi connectivity index (χ0n) is 8.06. The van der Waals surface area contributed by atoms with Crippen molar-refractivity contribution < 1.29 is 9.53 Å². The smallest absolute Gasteiger partial charge is 0.305 e. The standard InChI is InChI=1S/C8H14N2O2.ClH/c1-4-10-6-5-9(3)8(10)12-7(2)11;/h5-6,8H,4H2,1-3H3;1H. The summed E-state index contributed by atoms with van der Waals surface area (Å²) in [5.41, 5.74) is 0. The van der Waals surface area contributed by atoms with Gasteiger partial charge in [0.05, 0.1) is 0 Å². The lowest BCUT2D eigenvalue weighted by molar-refractivity contribution is -0.163. The van der Waals surface area contributed by atoms with Crippen molar-refractivity contribution in [1.29, 1.82) is 0 Å². The van der Waals surface area contributed by atoms with Gasteiger partial charge in [0.25, 0.3) is 6.35 Å². The van der Waals surface area contributed by atoms with Crippen LogP contribution in [0, 0.1) is 0 Å². The van der Waals surface area contributed by atoms with Crippen LogP contribution in [0.3, 0.4) is 0 Å². The highest BCUT2D eigenvalue weighted by Crippen LogP contribution is 2.14. The topological polar surface area (TPSA) is 32.8 Å². The molecule has 0 amide bonds. The molecule has 1 heterocycles. The molecule has 0 saturated carbocycles. The third-order valence-corrected chi connectivity index (χ3v) is 1.76. The van der Waals surface area contributed by atoms with Crippen molar-refractivity contribution in [2.24, 2.45) is 0 Å². The largest absolute Gasteiger partial charge is 0.423 e. The first kappa shape index (κ1) is 12.1. The van der Waals surface area contributed by atoms with Crippen molar-refractivity contribution in [3.05, 3.63) is 12.4 Å². The second-order valence-corrected chi connectivity index (χ2v) is 2.73. The fourth-order valence-corrected chi connectivity index (χ4v) is 1.13. The third kappa shape index (κ3) is 2.81. The van der Waals surface area contributed by atoms with Crippen molar-refractivity contribution >= 4 is 18.4 Å². The molecule has 1 aliphatic heterocycles. The molecule has 4 nitrogen and oxygen atoms in total. The molecule has 0 spiro atoms. The number of hydrogen-bond donors (Lipinski definition) is 0. The Bertz CT molecular complexity index is 208. The predicted octanol–water partition coefficient (Wildman–Crippen LogP) is 0.993. The molecule has 0 N–H and O–H groups in total. The number of esters is 1. The summed E-state index contributed by atoms with van der Waals surface area (Å²) in [6.07, 6.45) is 3.54. The van der Waals surface area contributed by atoms with Crippen LogP contribution in [0.15, 0.2) is 12.4 Å². The molecule has 0 aliphatic carbocycles. The average Bonchev–Trinajstić information content (AvgIpc) is 2.32. The highest BCUT2D eigenvalue weighted by atomic mass is 35.5. The van der Waals surface area contributed by atoms with Gasteiger partial charge in [0, 0.05) is 32.9 Å². The van der Waals surface area contributed by atoms with Gasteiger partial charge < -0.3 is 14.5 Å². The van der Waals surface area contributed by atoms with E-state index < -0.39 is 0 Å². The van der Waals surface area contributed by atoms with Crippen LogP contribution in [0.2, 0.25) is 0 Å². The number of hydrogen-bond acceptors (Lipinski definition) is 4. The molecule has 0 saturated heterocycles. The molecule has 5 heteroatoms. The first-order chi connectivity index (χ1) is 5.65. The van der Waals surface area contributed by atoms with Crippen molar-refractivity contribution in [2.45, 2.75) is 20.2 Å². The lowest BCUT2D eigenvalue weighted by Crippen LogP contribution is -2.39. The lowest BCUT2D eigenvalue weighted by atomic mass is 10.6. The monoisotopic (exact) mass is 206 g/mol. The minimum atomic E-state index is -0.257. The Morgan fingerprint density at radius 3 is 2.62 bits per heavy atom. The second kappa shape index (κ2) is 4.97. The Morgan fingerprint density at radius 1 is 1.54 bits per heavy atom. The molecule has 0 aromatic heterocycles. The Morgan fingerprint density at radius 2 is 2.15 bits per heavy atom. The van der Waals surface area contributed by atoms with E-state index in [1.54, 1.807) is 0 Å². The van der Waals surface area contributed by atoms with Gasteiger partial charge >= 0.3 is 5.97 Å². The summed E-state index contributed by atoms with van der Waals surface area (Å²) in [6.45, 7) is 4.26. The van der Waals surface area contributed by atoms with Crippen molar-refractivity contribution in [3.8, 4) is 0 Å². The van der Waals surface area contributed by atoms with E-state index in [0.717, 1.165) is 6.54 Å². The molecule has 1 unspecified atom stereocenters. The van der Waals surface area contributed by atoms with E-state index in [1.807, 2.05) is 36.2 Å². The maximum atomic E-state index is 10.7. The number of carbonyl (C=O) groups is 1. The van der Waals surface area contributed by atoms with Crippen molar-refractivity contribution in [1.82, 2.24) is 9.80 Å². The van der Waals surface area contributed by atoms with Gasteiger partial charge in [-0.1, -0.05) is 0 Å². The molecule has 0 aromatic carbocycles. The molecular weight excluding hydrogens is 192 g/mol. The van der Waals surface area contributed by atoms with Gasteiger partial charge in [-0.25, -0.2) is 0 Å². The Hall–Kier alpha value is -0.900. The quantitative estimate of drug-likeness (QED) is 0.631. The molecule has 0 fully saturated rings. The highest BCUT2D eigenvalue weighted by Gasteiger charge is 2.24. The van der Waals surface area contributed by atoms with Gasteiger partial charge in [-0.15, -0.1) is 12.4 Å². The number of halogens is 1. The normalized spacial score (nSPS) is 20.1. The Labute approximate surface area is 84.5 Å². The summed E-state index contributed by atoms with van der Waals surface area (Å²) < 4.78 is 5.08. The summed E-state index contributed by atoms with van der Waals surface area (Å²) in [5, 5.41) is 0. The third-order valence-electron chi connectivity index (χ3n) is 1.76. The number of rotatable bonds is 2. The van der Waals surface area contributed by atoms with E-state index in [9.17, 15) is 4.79 Å². The lowest BCUT2D eigenvalue weighted by Gasteiger charge is -2.27. The molecule has 1 atom stereocenters. The van der Waals surface area contributed by atoms with Crippen LogP contribution < -0.4 is 0 Å². The minimum absolute atomic E-state index is 0. The summed E-state index contributed by atoms with van der Waals surface area (Å²) >= 11 is 0. The highest BCUT2D eigenvalue weighted by molar-refractivity contribution is 5.85. The van der Waals surface area contributed by atoms with Crippen LogP contribution >= 0.6 is 12.4 Å². The molecule has 1 aliphatic rings. The SMILES string of the molecule is CCN1C=CN(C)C1OC(C)=O.Cl. The first-order valence-electron chi connectivity index (χ1n) is 3.98. The molecule has 76 valence electrons. The molecule has 13 heavy (non-hydrogen) atoms. The predicted molar refractivity (Wildman–Crippen MR) is 52.1 cm³/mol. The zero-order chi connectivity index (χ0) is 9.14. The number of carbonyl (C=O) groups excluding carboxylic acids is 1. The van der Waals surface area contributed by atoms with Crippen molar-refractivity contribution in [3.63, 3.8) is 0 Å². The van der Waals surface area contributed by atoms with E-state index in [1.165, 1.54) is 6.92 Å². The van der Waals surface area contributed by atoms with Gasteiger partial charge in [-0.3, -0.25) is 4.79 Å². The van der Waals surface area contributed by atoms with Crippen LogP contribution in [-0.4, -0.2) is 35.7 Å². The van der Waals surface area contributed by atoms with Crippen LogP contribution in [0.5, 0.6) is 0 Å². The first-order valence-corrected chi connectivity index (χ1v) is 3.98. The summed E-state index contributed by atoms with van der Waals surface area (Å²) in [7, 11) is 1.87. The zero-order valence-corrected chi connectivity index (χ0v) is 8.87. The van der Waals surface area contributed by atoms with Gasteiger partial charge in [0.1, 0.15) is 0 Å². The van der Waals surface area contributed by atoms with E-state index in [4.69, 9.17) is 4.74 Å². The van der Waals surface area contributed by atoms with Crippen LogP contribution in [0.1, 0.15) is 13.8 Å². The number of nitrogens with zero attached hydrogens (tertiary/aromatic N) is 2. The van der Waals surface area contributed by atoms with Crippen LogP contribution in [0.25, 0.3) is 0 Å². The molecular formula is C8H15ClN2O2. The van der Waals surface area contributed by atoms with E-state index in [0.29, 0.717) is 0 Å². The second-order valence-electron chi connectivity index (χ2n) is 2.73.